The van der Waals surface area contributed by atoms with Crippen molar-refractivity contribution >= 4 is 21.6 Å². The fraction of sp³-hybridized carbons (Fsp3) is 0.667. The van der Waals surface area contributed by atoms with Crippen LogP contribution in [-0.4, -0.2) is 51.1 Å². The third kappa shape index (κ3) is 5.26. The lowest BCUT2D eigenvalue weighted by Gasteiger charge is -2.33. The molecule has 2 saturated heterocycles. The molecule has 7 heteroatoms. The smallest absolute Gasteiger partial charge is 0.224 e. The molecule has 0 saturated carbocycles. The van der Waals surface area contributed by atoms with Crippen LogP contribution < -0.4 is 10.2 Å². The number of nitrogens with one attached hydrogen (secondary N) is 1. The number of rotatable bonds is 5. The van der Waals surface area contributed by atoms with Crippen molar-refractivity contribution in [2.24, 2.45) is 11.8 Å². The Morgan fingerprint density at radius 3 is 2.43 bits per heavy atom. The fourth-order valence-electron chi connectivity index (χ4n) is 4.27. The van der Waals surface area contributed by atoms with E-state index in [0.29, 0.717) is 6.54 Å². The largest absolute Gasteiger partial charge is 0.371 e. The summed E-state index contributed by atoms with van der Waals surface area (Å²) in [4.78, 5) is 15.1. The molecular formula is C21H33N3O3S. The second kappa shape index (κ2) is 8.82. The van der Waals surface area contributed by atoms with E-state index in [1.165, 1.54) is 29.1 Å². The maximum Gasteiger partial charge on any atom is 0.224 e. The van der Waals surface area contributed by atoms with Crippen molar-refractivity contribution in [3.05, 3.63) is 29.8 Å². The van der Waals surface area contributed by atoms with Crippen LogP contribution in [0.2, 0.25) is 0 Å². The average Bonchev–Trinajstić information content (AvgIpc) is 2.67. The van der Waals surface area contributed by atoms with Gasteiger partial charge in [-0.25, -0.2) is 12.7 Å². The molecule has 0 spiro atoms. The van der Waals surface area contributed by atoms with Gasteiger partial charge in [-0.3, -0.25) is 4.79 Å². The lowest BCUT2D eigenvalue weighted by Crippen LogP contribution is -2.45. The van der Waals surface area contributed by atoms with Crippen molar-refractivity contribution in [3.8, 4) is 0 Å². The zero-order valence-corrected chi connectivity index (χ0v) is 18.0. The topological polar surface area (TPSA) is 69.7 Å². The molecule has 2 fully saturated rings. The molecule has 0 unspecified atom stereocenters. The highest BCUT2D eigenvalue weighted by Gasteiger charge is 2.30. The van der Waals surface area contributed by atoms with Gasteiger partial charge in [-0.1, -0.05) is 19.1 Å². The lowest BCUT2D eigenvalue weighted by molar-refractivity contribution is -0.126. The van der Waals surface area contributed by atoms with Crippen LogP contribution in [0.5, 0.6) is 0 Å². The van der Waals surface area contributed by atoms with Gasteiger partial charge in [-0.05, 0) is 56.2 Å². The first-order valence-corrected chi connectivity index (χ1v) is 12.2. The standard InChI is InChI=1S/C21H33N3O3S/c1-16-6-4-12-23(14-16)20-10-8-18(9-11-20)17(2)22-21(25)19-7-5-13-24(15-19)28(3,26)27/h8-11,16-17,19H,4-7,12-15H2,1-3H3,(H,22,25)/t16-,17-,19-/m1/s1. The first-order valence-electron chi connectivity index (χ1n) is 10.3. The van der Waals surface area contributed by atoms with E-state index in [1.807, 2.05) is 6.92 Å². The third-order valence-electron chi connectivity index (χ3n) is 6.00. The van der Waals surface area contributed by atoms with E-state index in [4.69, 9.17) is 0 Å². The summed E-state index contributed by atoms with van der Waals surface area (Å²) in [5, 5.41) is 3.07. The minimum atomic E-state index is -3.24. The van der Waals surface area contributed by atoms with Gasteiger partial charge in [0.2, 0.25) is 15.9 Å². The fourth-order valence-corrected chi connectivity index (χ4v) is 5.18. The molecule has 3 rings (SSSR count). The van der Waals surface area contributed by atoms with Crippen molar-refractivity contribution in [1.29, 1.82) is 0 Å². The van der Waals surface area contributed by atoms with Crippen molar-refractivity contribution < 1.29 is 13.2 Å². The predicted molar refractivity (Wildman–Crippen MR) is 113 cm³/mol. The summed E-state index contributed by atoms with van der Waals surface area (Å²) in [5.41, 5.74) is 2.31. The molecular weight excluding hydrogens is 374 g/mol. The van der Waals surface area contributed by atoms with Crippen molar-refractivity contribution in [2.45, 2.75) is 45.6 Å². The summed E-state index contributed by atoms with van der Waals surface area (Å²) in [6.07, 6.45) is 5.20. The van der Waals surface area contributed by atoms with Crippen LogP contribution in [0.4, 0.5) is 5.69 Å². The molecule has 2 heterocycles. The Morgan fingerprint density at radius 1 is 1.11 bits per heavy atom. The van der Waals surface area contributed by atoms with Gasteiger partial charge in [0.25, 0.3) is 0 Å². The van der Waals surface area contributed by atoms with E-state index in [1.54, 1.807) is 0 Å². The number of carbonyl (C=O) groups is 1. The molecule has 156 valence electrons. The Bertz CT molecular complexity index is 779. The highest BCUT2D eigenvalue weighted by atomic mass is 32.2. The molecule has 1 aromatic rings. The average molecular weight is 408 g/mol. The number of hydrogen-bond acceptors (Lipinski definition) is 4. The van der Waals surface area contributed by atoms with Crippen LogP contribution in [0, 0.1) is 11.8 Å². The van der Waals surface area contributed by atoms with Gasteiger partial charge in [0.1, 0.15) is 0 Å². The van der Waals surface area contributed by atoms with Gasteiger partial charge in [-0.15, -0.1) is 0 Å². The van der Waals surface area contributed by atoms with E-state index in [9.17, 15) is 13.2 Å². The molecule has 3 atom stereocenters. The number of anilines is 1. The van der Waals surface area contributed by atoms with E-state index < -0.39 is 10.0 Å². The number of hydrogen-bond donors (Lipinski definition) is 1. The van der Waals surface area contributed by atoms with Gasteiger partial charge < -0.3 is 10.2 Å². The minimum Gasteiger partial charge on any atom is -0.371 e. The molecule has 0 aromatic heterocycles. The summed E-state index contributed by atoms with van der Waals surface area (Å²) < 4.78 is 25.0. The SMILES string of the molecule is C[C@@H]1CCCN(c2ccc([C@@H](C)NC(=O)[C@@H]3CCCN(S(C)(=O)=O)C3)cc2)C1. The van der Waals surface area contributed by atoms with Gasteiger partial charge >= 0.3 is 0 Å². The molecule has 28 heavy (non-hydrogen) atoms. The molecule has 0 bridgehead atoms. The number of amides is 1. The number of benzene rings is 1. The van der Waals surface area contributed by atoms with Crippen LogP contribution >= 0.6 is 0 Å². The van der Waals surface area contributed by atoms with E-state index in [2.05, 4.69) is 41.4 Å². The molecule has 1 aromatic carbocycles. The molecule has 6 nitrogen and oxygen atoms in total. The summed E-state index contributed by atoms with van der Waals surface area (Å²) >= 11 is 0. The van der Waals surface area contributed by atoms with Gasteiger partial charge in [-0.2, -0.15) is 0 Å². The summed E-state index contributed by atoms with van der Waals surface area (Å²) in [6, 6.07) is 8.35. The maximum absolute atomic E-state index is 12.7. The summed E-state index contributed by atoms with van der Waals surface area (Å²) in [5.74, 6) is 0.392. The molecule has 1 amide bonds. The summed E-state index contributed by atoms with van der Waals surface area (Å²) in [7, 11) is -3.24. The van der Waals surface area contributed by atoms with Crippen molar-refractivity contribution in [2.75, 3.05) is 37.3 Å². The number of sulfonamides is 1. The normalized spacial score (nSPS) is 25.3. The van der Waals surface area contributed by atoms with Crippen LogP contribution in [0.1, 0.15) is 51.1 Å². The Kier molecular flexibility index (Phi) is 6.65. The van der Waals surface area contributed by atoms with Crippen molar-refractivity contribution in [1.82, 2.24) is 9.62 Å². The lowest BCUT2D eigenvalue weighted by atomic mass is 9.97. The van der Waals surface area contributed by atoms with Gasteiger partial charge in [0.05, 0.1) is 18.2 Å². The highest BCUT2D eigenvalue weighted by Crippen LogP contribution is 2.25. The number of carbonyl (C=O) groups excluding carboxylic acids is 1. The van der Waals surface area contributed by atoms with E-state index >= 15 is 0 Å². The van der Waals surface area contributed by atoms with Crippen LogP contribution in [-0.2, 0) is 14.8 Å². The minimum absolute atomic E-state index is 0.0604. The number of nitrogens with zero attached hydrogens (tertiary/aromatic N) is 2. The predicted octanol–water partition coefficient (Wildman–Crippen LogP) is 2.77. The Balaban J connectivity index is 1.58. The number of piperidine rings is 2. The summed E-state index contributed by atoms with van der Waals surface area (Å²) in [6.45, 7) is 7.28. The quantitative estimate of drug-likeness (QED) is 0.815. The zero-order valence-electron chi connectivity index (χ0n) is 17.2. The van der Waals surface area contributed by atoms with Crippen LogP contribution in [0.15, 0.2) is 24.3 Å². The maximum atomic E-state index is 12.7. The molecule has 0 aliphatic carbocycles. The molecule has 0 radical (unpaired) electrons. The van der Waals surface area contributed by atoms with Gasteiger partial charge in [0, 0.05) is 31.9 Å². The Labute approximate surface area is 169 Å². The first kappa shape index (κ1) is 21.1. The third-order valence-corrected chi connectivity index (χ3v) is 7.27. The van der Waals surface area contributed by atoms with E-state index in [-0.39, 0.29) is 24.4 Å². The molecule has 1 N–H and O–H groups in total. The molecule has 2 aliphatic rings. The first-order chi connectivity index (χ1) is 13.2. The van der Waals surface area contributed by atoms with Gasteiger partial charge in [0.15, 0.2) is 0 Å². The zero-order chi connectivity index (χ0) is 20.3. The molecule has 2 aliphatic heterocycles. The second-order valence-electron chi connectivity index (χ2n) is 8.48. The van der Waals surface area contributed by atoms with E-state index in [0.717, 1.165) is 37.4 Å². The van der Waals surface area contributed by atoms with Crippen LogP contribution in [0.25, 0.3) is 0 Å². The second-order valence-corrected chi connectivity index (χ2v) is 10.5. The monoisotopic (exact) mass is 407 g/mol. The Hall–Kier alpha value is -1.60. The van der Waals surface area contributed by atoms with Crippen molar-refractivity contribution in [3.63, 3.8) is 0 Å². The highest BCUT2D eigenvalue weighted by molar-refractivity contribution is 7.88. The van der Waals surface area contributed by atoms with Crippen LogP contribution in [0.3, 0.4) is 0 Å². The Morgan fingerprint density at radius 2 is 1.79 bits per heavy atom.